The summed E-state index contributed by atoms with van der Waals surface area (Å²) in [4.78, 5) is 16.3. The van der Waals surface area contributed by atoms with Gasteiger partial charge in [0.15, 0.2) is 0 Å². The topological polar surface area (TPSA) is 79.8 Å². The molecule has 1 aromatic carbocycles. The number of carbonyl (C=O) groups is 1. The molecule has 7 heteroatoms. The predicted molar refractivity (Wildman–Crippen MR) is 90.6 cm³/mol. The molecule has 0 aliphatic heterocycles. The van der Waals surface area contributed by atoms with Crippen LogP contribution < -0.4 is 10.6 Å². The summed E-state index contributed by atoms with van der Waals surface area (Å²) >= 11 is 1.27. The van der Waals surface area contributed by atoms with Crippen molar-refractivity contribution in [3.8, 4) is 0 Å². The van der Waals surface area contributed by atoms with Crippen LogP contribution in [0.5, 0.6) is 0 Å². The second-order valence-corrected chi connectivity index (χ2v) is 5.74. The van der Waals surface area contributed by atoms with Gasteiger partial charge in [-0.1, -0.05) is 35.6 Å². The minimum absolute atomic E-state index is 0.250. The van der Waals surface area contributed by atoms with Crippen molar-refractivity contribution < 1.29 is 4.79 Å². The molecule has 2 heterocycles. The summed E-state index contributed by atoms with van der Waals surface area (Å²) in [5.41, 5.74) is 4.48. The summed E-state index contributed by atoms with van der Waals surface area (Å²) in [5.74, 6) is 0.473. The van der Waals surface area contributed by atoms with E-state index in [1.54, 1.807) is 17.6 Å². The predicted octanol–water partition coefficient (Wildman–Crippen LogP) is 3.11. The number of aryl methyl sites for hydroxylation is 1. The van der Waals surface area contributed by atoms with Gasteiger partial charge in [-0.15, -0.1) is 10.2 Å². The Hall–Kier alpha value is -2.80. The molecule has 3 aromatic rings. The number of benzene rings is 1. The zero-order valence-corrected chi connectivity index (χ0v) is 13.3. The molecule has 6 nitrogen and oxygen atoms in total. The van der Waals surface area contributed by atoms with Crippen LogP contribution in [0.2, 0.25) is 0 Å². The first kappa shape index (κ1) is 15.1. The Morgan fingerprint density at radius 3 is 2.78 bits per heavy atom. The smallest absolute Gasteiger partial charge is 0.259 e. The van der Waals surface area contributed by atoms with E-state index in [2.05, 4.69) is 44.9 Å². The zero-order valence-electron chi connectivity index (χ0n) is 12.5. The van der Waals surface area contributed by atoms with E-state index in [1.807, 2.05) is 12.1 Å². The highest BCUT2D eigenvalue weighted by atomic mass is 32.1. The number of anilines is 2. The second kappa shape index (κ2) is 6.97. The van der Waals surface area contributed by atoms with E-state index in [0.29, 0.717) is 17.2 Å². The van der Waals surface area contributed by atoms with Crippen LogP contribution in [0.15, 0.2) is 48.1 Å². The summed E-state index contributed by atoms with van der Waals surface area (Å²) in [6, 6.07) is 11.7. The van der Waals surface area contributed by atoms with E-state index in [9.17, 15) is 4.79 Å². The zero-order chi connectivity index (χ0) is 16.1. The van der Waals surface area contributed by atoms with E-state index < -0.39 is 0 Å². The molecule has 116 valence electrons. The third-order valence-electron chi connectivity index (χ3n) is 3.33. The number of nitrogens with one attached hydrogen (secondary N) is 2. The van der Waals surface area contributed by atoms with Gasteiger partial charge in [-0.3, -0.25) is 10.1 Å². The highest BCUT2D eigenvalue weighted by molar-refractivity contribution is 7.13. The van der Waals surface area contributed by atoms with Crippen molar-refractivity contribution >= 4 is 28.2 Å². The van der Waals surface area contributed by atoms with Gasteiger partial charge >= 0.3 is 0 Å². The van der Waals surface area contributed by atoms with Crippen LogP contribution in [0.4, 0.5) is 10.9 Å². The van der Waals surface area contributed by atoms with Crippen LogP contribution in [-0.2, 0) is 6.54 Å². The van der Waals surface area contributed by atoms with Gasteiger partial charge in [-0.2, -0.15) is 0 Å². The molecule has 0 bridgehead atoms. The molecular weight excluding hydrogens is 310 g/mol. The van der Waals surface area contributed by atoms with Crippen molar-refractivity contribution in [3.05, 3.63) is 64.8 Å². The molecule has 0 aliphatic rings. The van der Waals surface area contributed by atoms with E-state index in [0.717, 1.165) is 5.82 Å². The molecule has 0 spiro atoms. The molecular formula is C16H15N5OS. The van der Waals surface area contributed by atoms with Crippen molar-refractivity contribution in [1.29, 1.82) is 0 Å². The van der Waals surface area contributed by atoms with Gasteiger partial charge in [0, 0.05) is 12.7 Å². The Bertz CT molecular complexity index is 786. The fourth-order valence-electron chi connectivity index (χ4n) is 2.02. The summed E-state index contributed by atoms with van der Waals surface area (Å²) in [6.45, 7) is 2.77. The van der Waals surface area contributed by atoms with Crippen LogP contribution in [0.3, 0.4) is 0 Å². The van der Waals surface area contributed by atoms with E-state index in [4.69, 9.17) is 0 Å². The first-order chi connectivity index (χ1) is 11.2. The number of amides is 1. The summed E-state index contributed by atoms with van der Waals surface area (Å²) < 4.78 is 0. The monoisotopic (exact) mass is 325 g/mol. The molecule has 0 aliphatic carbocycles. The van der Waals surface area contributed by atoms with E-state index in [1.165, 1.54) is 28.7 Å². The fraction of sp³-hybridized carbons (Fsp3) is 0.125. The summed E-state index contributed by atoms with van der Waals surface area (Å²) in [7, 11) is 0. The van der Waals surface area contributed by atoms with E-state index in [-0.39, 0.29) is 5.91 Å². The molecule has 0 saturated heterocycles. The second-order valence-electron chi connectivity index (χ2n) is 4.91. The largest absolute Gasteiger partial charge is 0.366 e. The van der Waals surface area contributed by atoms with Crippen LogP contribution in [-0.4, -0.2) is 21.1 Å². The van der Waals surface area contributed by atoms with Gasteiger partial charge in [0.25, 0.3) is 5.91 Å². The van der Waals surface area contributed by atoms with Gasteiger partial charge in [-0.25, -0.2) is 4.98 Å². The minimum atomic E-state index is -0.250. The molecule has 0 saturated carbocycles. The Kier molecular flexibility index (Phi) is 4.58. The Balaban J connectivity index is 1.61. The van der Waals surface area contributed by atoms with Crippen LogP contribution in [0.1, 0.15) is 21.5 Å². The summed E-state index contributed by atoms with van der Waals surface area (Å²) in [5, 5.41) is 13.8. The fourth-order valence-corrected chi connectivity index (χ4v) is 2.46. The number of carbonyl (C=O) groups excluding carboxylic acids is 1. The maximum atomic E-state index is 12.0. The quantitative estimate of drug-likeness (QED) is 0.753. The van der Waals surface area contributed by atoms with Crippen molar-refractivity contribution in [2.24, 2.45) is 0 Å². The maximum absolute atomic E-state index is 12.0. The van der Waals surface area contributed by atoms with Crippen molar-refractivity contribution in [3.63, 3.8) is 0 Å². The molecule has 0 radical (unpaired) electrons. The lowest BCUT2D eigenvalue weighted by Gasteiger charge is -2.08. The van der Waals surface area contributed by atoms with Crippen molar-refractivity contribution in [2.75, 3.05) is 10.6 Å². The van der Waals surface area contributed by atoms with Gasteiger partial charge in [-0.05, 0) is 30.2 Å². The lowest BCUT2D eigenvalue weighted by atomic mass is 10.1. The Morgan fingerprint density at radius 2 is 2.09 bits per heavy atom. The number of hydrogen-bond acceptors (Lipinski definition) is 6. The number of rotatable bonds is 5. The molecule has 23 heavy (non-hydrogen) atoms. The lowest BCUT2D eigenvalue weighted by molar-refractivity contribution is 0.102. The van der Waals surface area contributed by atoms with Crippen molar-refractivity contribution in [2.45, 2.75) is 13.5 Å². The third-order valence-corrected chi connectivity index (χ3v) is 3.93. The average molecular weight is 325 g/mol. The molecule has 0 unspecified atom stereocenters. The first-order valence-corrected chi connectivity index (χ1v) is 7.92. The van der Waals surface area contributed by atoms with Crippen LogP contribution in [0.25, 0.3) is 0 Å². The molecule has 2 aromatic heterocycles. The van der Waals surface area contributed by atoms with Gasteiger partial charge in [0.05, 0.1) is 5.56 Å². The summed E-state index contributed by atoms with van der Waals surface area (Å²) in [6.07, 6.45) is 1.54. The highest BCUT2D eigenvalue weighted by Gasteiger charge is 2.08. The van der Waals surface area contributed by atoms with Gasteiger partial charge in [0.2, 0.25) is 5.13 Å². The molecule has 0 atom stereocenters. The molecule has 2 N–H and O–H groups in total. The molecule has 3 rings (SSSR count). The van der Waals surface area contributed by atoms with Crippen LogP contribution >= 0.6 is 11.3 Å². The first-order valence-electron chi connectivity index (χ1n) is 7.04. The molecule has 0 fully saturated rings. The van der Waals surface area contributed by atoms with Crippen molar-refractivity contribution in [1.82, 2.24) is 15.2 Å². The highest BCUT2D eigenvalue weighted by Crippen LogP contribution is 2.13. The van der Waals surface area contributed by atoms with Gasteiger partial charge < -0.3 is 5.32 Å². The van der Waals surface area contributed by atoms with Crippen LogP contribution in [0, 0.1) is 6.92 Å². The third kappa shape index (κ3) is 3.89. The average Bonchev–Trinajstić information content (AvgIpc) is 3.07. The Labute approximate surface area is 137 Å². The van der Waals surface area contributed by atoms with Gasteiger partial charge in [0.1, 0.15) is 11.3 Å². The SMILES string of the molecule is Cc1ccccc1CNc1ccc(C(=O)Nc2nncs2)cn1. The molecule has 1 amide bonds. The number of pyridine rings is 1. The minimum Gasteiger partial charge on any atom is -0.366 e. The van der Waals surface area contributed by atoms with E-state index >= 15 is 0 Å². The number of aromatic nitrogens is 3. The number of nitrogens with zero attached hydrogens (tertiary/aromatic N) is 3. The standard InChI is InChI=1S/C16H15N5OS/c1-11-4-2-3-5-12(11)8-17-14-7-6-13(9-18-14)15(22)20-16-21-19-10-23-16/h2-7,9-10H,8H2,1H3,(H,17,18)(H,20,21,22). The number of hydrogen-bond donors (Lipinski definition) is 2. The Morgan fingerprint density at radius 1 is 1.22 bits per heavy atom. The normalized spacial score (nSPS) is 10.3. The lowest BCUT2D eigenvalue weighted by Crippen LogP contribution is -2.12. The maximum Gasteiger partial charge on any atom is 0.259 e.